The maximum Gasteiger partial charge on any atom is 0.460 e. The Hall–Kier alpha value is -0.890. The van der Waals surface area contributed by atoms with Gasteiger partial charge in [0.1, 0.15) is 0 Å². The first kappa shape index (κ1) is 27.1. The van der Waals surface area contributed by atoms with Crippen LogP contribution in [0.15, 0.2) is 12.7 Å². The van der Waals surface area contributed by atoms with E-state index in [2.05, 4.69) is 6.58 Å². The van der Waals surface area contributed by atoms with Gasteiger partial charge in [-0.3, -0.25) is 0 Å². The molecule has 168 valence electrons. The summed E-state index contributed by atoms with van der Waals surface area (Å²) in [6.45, 7) is 3.64. The van der Waals surface area contributed by atoms with E-state index >= 15 is 0 Å². The van der Waals surface area contributed by atoms with Gasteiger partial charge >= 0.3 is 23.9 Å². The van der Waals surface area contributed by atoms with Crippen LogP contribution in [-0.4, -0.2) is 23.9 Å². The van der Waals surface area contributed by atoms with Crippen molar-refractivity contribution in [3.8, 4) is 0 Å². The first-order valence-corrected chi connectivity index (χ1v) is 9.62. The summed E-state index contributed by atoms with van der Waals surface area (Å²) in [6, 6.07) is 0. The summed E-state index contributed by atoms with van der Waals surface area (Å²) in [4.78, 5) is 0. The zero-order chi connectivity index (χ0) is 21.9. The van der Waals surface area contributed by atoms with Crippen LogP contribution in [0.25, 0.3) is 0 Å². The highest BCUT2D eigenvalue weighted by atomic mass is 19.4. The second-order valence-corrected chi connectivity index (χ2v) is 7.07. The van der Waals surface area contributed by atoms with Crippen LogP contribution in [0.3, 0.4) is 0 Å². The molecule has 0 saturated carbocycles. The van der Waals surface area contributed by atoms with Gasteiger partial charge < -0.3 is 0 Å². The summed E-state index contributed by atoms with van der Waals surface area (Å²) in [7, 11) is 0. The second kappa shape index (κ2) is 12.0. The maximum atomic E-state index is 13.3. The lowest BCUT2D eigenvalue weighted by Crippen LogP contribution is -2.60. The molecule has 0 aromatic rings. The Bertz CT molecular complexity index is 428. The predicted octanol–water partition coefficient (Wildman–Crippen LogP) is 8.71. The average Bonchev–Trinajstić information content (AvgIpc) is 2.57. The van der Waals surface area contributed by atoms with E-state index in [0.29, 0.717) is 12.8 Å². The zero-order valence-electron chi connectivity index (χ0n) is 15.9. The molecule has 0 aliphatic rings. The third-order valence-electron chi connectivity index (χ3n) is 4.61. The highest BCUT2D eigenvalue weighted by molar-refractivity contribution is 5.00. The molecule has 0 saturated heterocycles. The number of rotatable bonds is 16. The molecular weight excluding hydrogens is 399 g/mol. The fraction of sp³-hybridized carbons (Fsp3) is 0.895. The molecule has 0 radical (unpaired) electrons. The van der Waals surface area contributed by atoms with Crippen LogP contribution < -0.4 is 0 Å². The summed E-state index contributed by atoms with van der Waals surface area (Å²) in [5.74, 6) is -18.7. The van der Waals surface area contributed by atoms with E-state index in [1.165, 1.54) is 0 Å². The van der Waals surface area contributed by atoms with Gasteiger partial charge in [0.15, 0.2) is 0 Å². The van der Waals surface area contributed by atoms with Crippen molar-refractivity contribution in [1.29, 1.82) is 0 Å². The number of halogens is 9. The minimum absolute atomic E-state index is 0.0742. The minimum atomic E-state index is -6.78. The average molecular weight is 428 g/mol. The second-order valence-electron chi connectivity index (χ2n) is 7.07. The Balaban J connectivity index is 3.97. The summed E-state index contributed by atoms with van der Waals surface area (Å²) >= 11 is 0. The Morgan fingerprint density at radius 3 is 1.21 bits per heavy atom. The zero-order valence-corrected chi connectivity index (χ0v) is 15.9. The van der Waals surface area contributed by atoms with E-state index in [1.807, 2.05) is 6.08 Å². The van der Waals surface area contributed by atoms with Gasteiger partial charge in [-0.05, 0) is 19.3 Å². The first-order valence-electron chi connectivity index (χ1n) is 9.62. The minimum Gasteiger partial charge on any atom is -0.200 e. The Morgan fingerprint density at radius 1 is 0.500 bits per heavy atom. The summed E-state index contributed by atoms with van der Waals surface area (Å²) < 4.78 is 114. The lowest BCUT2D eigenvalue weighted by molar-refractivity contribution is -0.396. The Labute approximate surface area is 160 Å². The fourth-order valence-corrected chi connectivity index (χ4v) is 2.79. The predicted molar refractivity (Wildman–Crippen MR) is 91.1 cm³/mol. The molecule has 0 fully saturated rings. The first-order chi connectivity index (χ1) is 12.8. The molecule has 0 aromatic carbocycles. The van der Waals surface area contributed by atoms with Crippen molar-refractivity contribution >= 4 is 0 Å². The molecule has 0 aliphatic heterocycles. The van der Waals surface area contributed by atoms with Crippen molar-refractivity contribution < 1.29 is 39.5 Å². The van der Waals surface area contributed by atoms with Crippen LogP contribution in [0.2, 0.25) is 0 Å². The van der Waals surface area contributed by atoms with Gasteiger partial charge in [-0.1, -0.05) is 63.9 Å². The number of allylic oxidation sites excluding steroid dienone is 1. The van der Waals surface area contributed by atoms with Crippen LogP contribution >= 0.6 is 0 Å². The molecule has 0 unspecified atom stereocenters. The molecule has 0 N–H and O–H groups in total. The van der Waals surface area contributed by atoms with E-state index in [9.17, 15) is 39.5 Å². The maximum absolute atomic E-state index is 13.3. The van der Waals surface area contributed by atoms with Crippen LogP contribution in [-0.2, 0) is 0 Å². The highest BCUT2D eigenvalue weighted by Gasteiger charge is 2.81. The van der Waals surface area contributed by atoms with Gasteiger partial charge in [0.2, 0.25) is 0 Å². The summed E-state index contributed by atoms with van der Waals surface area (Å²) in [5.41, 5.74) is 0. The van der Waals surface area contributed by atoms with Crippen molar-refractivity contribution in [2.24, 2.45) is 0 Å². The molecule has 0 atom stereocenters. The topological polar surface area (TPSA) is 0 Å². The van der Waals surface area contributed by atoms with Crippen LogP contribution in [0.1, 0.15) is 83.5 Å². The Morgan fingerprint density at radius 2 is 0.857 bits per heavy atom. The van der Waals surface area contributed by atoms with E-state index < -0.39 is 36.8 Å². The summed E-state index contributed by atoms with van der Waals surface area (Å²) in [5, 5.41) is 0. The number of hydrogen-bond donors (Lipinski definition) is 0. The van der Waals surface area contributed by atoms with E-state index in [1.54, 1.807) is 0 Å². The molecule has 0 rings (SSSR count). The van der Waals surface area contributed by atoms with E-state index in [4.69, 9.17) is 0 Å². The third-order valence-corrected chi connectivity index (χ3v) is 4.61. The van der Waals surface area contributed by atoms with Gasteiger partial charge in [0.25, 0.3) is 0 Å². The largest absolute Gasteiger partial charge is 0.460 e. The lowest BCUT2D eigenvalue weighted by atomic mass is 9.97. The molecule has 0 nitrogen and oxygen atoms in total. The molecule has 9 heteroatoms. The Kier molecular flexibility index (Phi) is 11.6. The van der Waals surface area contributed by atoms with Gasteiger partial charge in [-0.2, -0.15) is 39.5 Å². The van der Waals surface area contributed by atoms with E-state index in [0.717, 1.165) is 51.4 Å². The molecular formula is C19H29F9. The standard InChI is InChI=1S/C19H29F9/c1-2-3-4-5-6-7-8-9-10-11-12-13-14-15-16(20,21)17(22,23)18(24,25)19(26,27)28/h2H,1,3-15H2. The molecule has 0 spiro atoms. The van der Waals surface area contributed by atoms with Gasteiger partial charge in [0.05, 0.1) is 0 Å². The quantitative estimate of drug-likeness (QED) is 0.131. The van der Waals surface area contributed by atoms with Gasteiger partial charge in [-0.15, -0.1) is 6.58 Å². The molecule has 0 aromatic heterocycles. The molecule has 0 heterocycles. The van der Waals surface area contributed by atoms with Crippen LogP contribution in [0.4, 0.5) is 39.5 Å². The van der Waals surface area contributed by atoms with Gasteiger partial charge in [0, 0.05) is 6.42 Å². The smallest absolute Gasteiger partial charge is 0.200 e. The highest BCUT2D eigenvalue weighted by Crippen LogP contribution is 2.54. The van der Waals surface area contributed by atoms with Crippen molar-refractivity contribution in [2.45, 2.75) is 107 Å². The number of hydrogen-bond acceptors (Lipinski definition) is 0. The molecule has 0 aliphatic carbocycles. The lowest BCUT2D eigenvalue weighted by Gasteiger charge is -2.33. The van der Waals surface area contributed by atoms with Crippen molar-refractivity contribution in [3.63, 3.8) is 0 Å². The number of alkyl halides is 9. The molecule has 0 amide bonds. The van der Waals surface area contributed by atoms with Gasteiger partial charge in [-0.25, -0.2) is 0 Å². The van der Waals surface area contributed by atoms with Crippen LogP contribution in [0, 0.1) is 0 Å². The molecule has 0 bridgehead atoms. The third kappa shape index (κ3) is 8.23. The normalized spacial score (nSPS) is 13.8. The van der Waals surface area contributed by atoms with Crippen LogP contribution in [0.5, 0.6) is 0 Å². The monoisotopic (exact) mass is 428 g/mol. The molecule has 28 heavy (non-hydrogen) atoms. The number of unbranched alkanes of at least 4 members (excludes halogenated alkanes) is 11. The van der Waals surface area contributed by atoms with Crippen molar-refractivity contribution in [1.82, 2.24) is 0 Å². The SMILES string of the molecule is C=CCCCCCCCCCCCCCC(F)(F)C(F)(F)C(F)(F)C(F)(F)F. The van der Waals surface area contributed by atoms with Crippen molar-refractivity contribution in [3.05, 3.63) is 12.7 Å². The van der Waals surface area contributed by atoms with Crippen molar-refractivity contribution in [2.75, 3.05) is 0 Å². The van der Waals surface area contributed by atoms with E-state index in [-0.39, 0.29) is 6.42 Å². The fourth-order valence-electron chi connectivity index (χ4n) is 2.79. The summed E-state index contributed by atoms with van der Waals surface area (Å²) in [6.07, 6.45) is 2.35.